The number of ether oxygens (including phenoxy) is 1. The Hall–Kier alpha value is -1.86. The summed E-state index contributed by atoms with van der Waals surface area (Å²) in [5.41, 5.74) is 0.827. The predicted octanol–water partition coefficient (Wildman–Crippen LogP) is 5.40. The zero-order chi connectivity index (χ0) is 17.5. The van der Waals surface area contributed by atoms with E-state index in [0.717, 1.165) is 17.8 Å². The molecular weight excluding hydrogens is 361 g/mol. The summed E-state index contributed by atoms with van der Waals surface area (Å²) < 4.78 is 45.6. The molecule has 126 valence electrons. The molecule has 0 amide bonds. The van der Waals surface area contributed by atoms with Crippen molar-refractivity contribution in [3.63, 3.8) is 0 Å². The van der Waals surface area contributed by atoms with Crippen molar-refractivity contribution >= 4 is 29.0 Å². The van der Waals surface area contributed by atoms with Gasteiger partial charge >= 0.3 is 6.18 Å². The number of imidazole rings is 1. The maximum atomic E-state index is 13.0. The van der Waals surface area contributed by atoms with Gasteiger partial charge in [0.25, 0.3) is 0 Å². The summed E-state index contributed by atoms with van der Waals surface area (Å²) in [5, 5.41) is 0.544. The highest BCUT2D eigenvalue weighted by molar-refractivity contribution is 7.98. The lowest BCUT2D eigenvalue weighted by Crippen LogP contribution is -2.06. The van der Waals surface area contributed by atoms with E-state index < -0.39 is 11.7 Å². The average Bonchev–Trinajstić information content (AvgIpc) is 2.93. The Morgan fingerprint density at radius 2 is 1.88 bits per heavy atom. The fourth-order valence-electron chi connectivity index (χ4n) is 2.37. The first-order chi connectivity index (χ1) is 11.3. The van der Waals surface area contributed by atoms with Crippen LogP contribution in [0.3, 0.4) is 0 Å². The van der Waals surface area contributed by atoms with Gasteiger partial charge in [0.2, 0.25) is 0 Å². The first kappa shape index (κ1) is 17.0. The van der Waals surface area contributed by atoms with Crippen LogP contribution in [0.5, 0.6) is 5.75 Å². The molecule has 8 heteroatoms. The van der Waals surface area contributed by atoms with Crippen LogP contribution in [-0.4, -0.2) is 22.8 Å². The molecule has 3 rings (SSSR count). The van der Waals surface area contributed by atoms with Gasteiger partial charge in [-0.1, -0.05) is 11.6 Å². The smallest absolute Gasteiger partial charge is 0.417 e. The predicted molar refractivity (Wildman–Crippen MR) is 89.0 cm³/mol. The number of nitrogens with zero attached hydrogens (tertiary/aromatic N) is 2. The second kappa shape index (κ2) is 6.22. The van der Waals surface area contributed by atoms with E-state index in [1.54, 1.807) is 37.6 Å². The molecular formula is C16H12ClF3N2OS. The minimum Gasteiger partial charge on any atom is -0.497 e. The molecule has 0 saturated carbocycles. The fourth-order valence-corrected chi connectivity index (χ4v) is 3.31. The van der Waals surface area contributed by atoms with Crippen molar-refractivity contribution in [1.29, 1.82) is 0 Å². The largest absolute Gasteiger partial charge is 0.497 e. The summed E-state index contributed by atoms with van der Waals surface area (Å²) >= 11 is 7.34. The zero-order valence-electron chi connectivity index (χ0n) is 12.7. The molecule has 24 heavy (non-hydrogen) atoms. The summed E-state index contributed by atoms with van der Waals surface area (Å²) in [6.45, 7) is 0. The molecule has 0 saturated heterocycles. The Labute approximate surface area is 145 Å². The second-order valence-corrected chi connectivity index (χ2v) is 6.17. The lowest BCUT2D eigenvalue weighted by Gasteiger charge is -2.09. The van der Waals surface area contributed by atoms with Crippen molar-refractivity contribution in [2.45, 2.75) is 11.2 Å². The van der Waals surface area contributed by atoms with Crippen LogP contribution in [0.15, 0.2) is 41.6 Å². The number of pyridine rings is 1. The highest BCUT2D eigenvalue weighted by atomic mass is 35.5. The van der Waals surface area contributed by atoms with Crippen LogP contribution in [0, 0.1) is 0 Å². The molecule has 0 aliphatic heterocycles. The minimum absolute atomic E-state index is 0.0418. The van der Waals surface area contributed by atoms with Gasteiger partial charge in [0, 0.05) is 11.8 Å². The van der Waals surface area contributed by atoms with Gasteiger partial charge < -0.3 is 4.74 Å². The Bertz CT molecular complexity index is 891. The minimum atomic E-state index is -4.47. The number of fused-ring (bicyclic) bond motifs is 1. The van der Waals surface area contributed by atoms with Crippen LogP contribution in [0.2, 0.25) is 5.02 Å². The molecule has 3 nitrogen and oxygen atoms in total. The third kappa shape index (κ3) is 2.93. The molecule has 0 bridgehead atoms. The molecule has 0 fully saturated rings. The number of hydrogen-bond acceptors (Lipinski definition) is 3. The summed E-state index contributed by atoms with van der Waals surface area (Å²) in [7, 11) is 1.56. The molecule has 0 aliphatic carbocycles. The van der Waals surface area contributed by atoms with Gasteiger partial charge in [-0.05, 0) is 36.6 Å². The number of rotatable bonds is 3. The number of thioether (sulfide) groups is 1. The molecule has 1 aromatic carbocycles. The van der Waals surface area contributed by atoms with Gasteiger partial charge in [-0.25, -0.2) is 4.98 Å². The maximum absolute atomic E-state index is 13.0. The lowest BCUT2D eigenvalue weighted by molar-refractivity contribution is -0.137. The third-order valence-electron chi connectivity index (χ3n) is 3.52. The first-order valence-corrected chi connectivity index (χ1v) is 8.42. The molecule has 0 aliphatic rings. The molecule has 2 heterocycles. The normalized spacial score (nSPS) is 11.9. The van der Waals surface area contributed by atoms with E-state index in [0.29, 0.717) is 22.1 Å². The summed E-state index contributed by atoms with van der Waals surface area (Å²) in [6, 6.07) is 8.04. The Kier molecular flexibility index (Phi) is 4.40. The SMILES string of the molecule is COc1ccc(-c2nc3c(Cl)cc(C(F)(F)F)cn3c2SC)cc1. The number of methoxy groups -OCH3 is 1. The van der Waals surface area contributed by atoms with E-state index in [-0.39, 0.29) is 5.02 Å². The molecule has 3 aromatic rings. The van der Waals surface area contributed by atoms with Crippen molar-refractivity contribution in [3.05, 3.63) is 47.1 Å². The molecule has 0 spiro atoms. The van der Waals surface area contributed by atoms with Crippen LogP contribution in [0.1, 0.15) is 5.56 Å². The number of benzene rings is 1. The average molecular weight is 373 g/mol. The van der Waals surface area contributed by atoms with Crippen LogP contribution in [0.25, 0.3) is 16.9 Å². The molecule has 0 unspecified atom stereocenters. The van der Waals surface area contributed by atoms with E-state index in [2.05, 4.69) is 4.98 Å². The Morgan fingerprint density at radius 1 is 1.21 bits per heavy atom. The van der Waals surface area contributed by atoms with Gasteiger partial charge in [0.1, 0.15) is 16.5 Å². The highest BCUT2D eigenvalue weighted by Gasteiger charge is 2.32. The van der Waals surface area contributed by atoms with Gasteiger partial charge in [-0.15, -0.1) is 11.8 Å². The van der Waals surface area contributed by atoms with Crippen molar-refractivity contribution < 1.29 is 17.9 Å². The number of aromatic nitrogens is 2. The first-order valence-electron chi connectivity index (χ1n) is 6.82. The van der Waals surface area contributed by atoms with Gasteiger partial charge in [0.05, 0.1) is 17.7 Å². The molecule has 0 radical (unpaired) electrons. The molecule has 0 atom stereocenters. The van der Waals surface area contributed by atoms with E-state index in [4.69, 9.17) is 16.3 Å². The third-order valence-corrected chi connectivity index (χ3v) is 4.57. The Balaban J connectivity index is 2.24. The van der Waals surface area contributed by atoms with E-state index in [1.165, 1.54) is 16.2 Å². The summed E-state index contributed by atoms with van der Waals surface area (Å²) in [6.07, 6.45) is -1.67. The lowest BCUT2D eigenvalue weighted by atomic mass is 10.1. The Morgan fingerprint density at radius 3 is 2.42 bits per heavy atom. The maximum Gasteiger partial charge on any atom is 0.417 e. The number of alkyl halides is 3. The topological polar surface area (TPSA) is 26.5 Å². The van der Waals surface area contributed by atoms with E-state index in [1.807, 2.05) is 0 Å². The molecule has 0 N–H and O–H groups in total. The second-order valence-electron chi connectivity index (χ2n) is 4.97. The summed E-state index contributed by atoms with van der Waals surface area (Å²) in [5.74, 6) is 0.686. The quantitative estimate of drug-likeness (QED) is 0.575. The number of halogens is 4. The van der Waals surface area contributed by atoms with E-state index in [9.17, 15) is 13.2 Å². The number of hydrogen-bond donors (Lipinski definition) is 0. The van der Waals surface area contributed by atoms with Gasteiger partial charge in [-0.2, -0.15) is 13.2 Å². The van der Waals surface area contributed by atoms with Crippen molar-refractivity contribution in [1.82, 2.24) is 9.38 Å². The van der Waals surface area contributed by atoms with Crippen molar-refractivity contribution in [2.75, 3.05) is 13.4 Å². The summed E-state index contributed by atoms with van der Waals surface area (Å²) in [4.78, 5) is 4.43. The zero-order valence-corrected chi connectivity index (χ0v) is 14.3. The standard InChI is InChI=1S/C16H12ClF3N2OS/c1-23-11-5-3-9(4-6-11)13-15(24-2)22-8-10(16(18,19)20)7-12(17)14(22)21-13/h3-8H,1-2H3. The van der Waals surface area contributed by atoms with Gasteiger partial charge in [-0.3, -0.25) is 4.40 Å². The monoisotopic (exact) mass is 372 g/mol. The van der Waals surface area contributed by atoms with Crippen molar-refractivity contribution in [2.24, 2.45) is 0 Å². The van der Waals surface area contributed by atoms with Crippen molar-refractivity contribution in [3.8, 4) is 17.0 Å². The van der Waals surface area contributed by atoms with Crippen LogP contribution >= 0.6 is 23.4 Å². The van der Waals surface area contributed by atoms with Crippen LogP contribution in [-0.2, 0) is 6.18 Å². The van der Waals surface area contributed by atoms with E-state index >= 15 is 0 Å². The fraction of sp³-hybridized carbons (Fsp3) is 0.188. The highest BCUT2D eigenvalue weighted by Crippen LogP contribution is 2.37. The molecule has 2 aromatic heterocycles. The van der Waals surface area contributed by atoms with Gasteiger partial charge in [0.15, 0.2) is 5.65 Å². The van der Waals surface area contributed by atoms with Crippen LogP contribution in [0.4, 0.5) is 13.2 Å². The van der Waals surface area contributed by atoms with Crippen LogP contribution < -0.4 is 4.74 Å².